The van der Waals surface area contributed by atoms with Gasteiger partial charge in [-0.1, -0.05) is 17.3 Å². The number of benzene rings is 1. The first-order valence-electron chi connectivity index (χ1n) is 4.07. The molecule has 0 fully saturated rings. The zero-order valence-corrected chi connectivity index (χ0v) is 7.23. The maximum atomic E-state index is 10.3. The highest BCUT2D eigenvalue weighted by molar-refractivity contribution is 5.79. The van der Waals surface area contributed by atoms with Crippen molar-refractivity contribution in [3.63, 3.8) is 0 Å². The van der Waals surface area contributed by atoms with Crippen molar-refractivity contribution < 1.29 is 14.4 Å². The Balaban J connectivity index is 2.29. The van der Waals surface area contributed by atoms with Crippen LogP contribution in [0, 0.1) is 0 Å². The molecule has 72 valence electrons. The fourth-order valence-electron chi connectivity index (χ4n) is 1.22. The molecule has 0 aliphatic rings. The number of nitrogens with zero attached hydrogens (tertiary/aromatic N) is 1. The largest absolute Gasteiger partial charge is 0.465 e. The van der Waals surface area contributed by atoms with Gasteiger partial charge >= 0.3 is 6.09 Å². The van der Waals surface area contributed by atoms with Crippen LogP contribution in [0.25, 0.3) is 11.0 Å². The predicted molar refractivity (Wildman–Crippen MR) is 48.9 cm³/mol. The van der Waals surface area contributed by atoms with Gasteiger partial charge in [-0.2, -0.15) is 0 Å². The number of carboxylic acid groups (broad SMARTS) is 1. The van der Waals surface area contributed by atoms with E-state index in [4.69, 9.17) is 9.63 Å². The number of hydrogen-bond acceptors (Lipinski definition) is 3. The molecule has 1 amide bonds. The number of carbonyl (C=O) groups is 1. The van der Waals surface area contributed by atoms with Gasteiger partial charge in [-0.15, -0.1) is 0 Å². The normalized spacial score (nSPS) is 10.3. The van der Waals surface area contributed by atoms with Gasteiger partial charge in [0.25, 0.3) is 0 Å². The van der Waals surface area contributed by atoms with Crippen LogP contribution in [-0.2, 0) is 6.54 Å². The Hall–Kier alpha value is -2.04. The van der Waals surface area contributed by atoms with Crippen LogP contribution < -0.4 is 5.32 Å². The van der Waals surface area contributed by atoms with Crippen LogP contribution in [0.4, 0.5) is 4.79 Å². The summed E-state index contributed by atoms with van der Waals surface area (Å²) in [6, 6.07) is 7.31. The Kier molecular flexibility index (Phi) is 2.06. The van der Waals surface area contributed by atoms with Crippen molar-refractivity contribution in [3.8, 4) is 0 Å². The van der Waals surface area contributed by atoms with Gasteiger partial charge in [0.2, 0.25) is 0 Å². The van der Waals surface area contributed by atoms with Crippen molar-refractivity contribution in [2.75, 3.05) is 0 Å². The molecule has 0 bridgehead atoms. The average molecular weight is 192 g/mol. The number of aromatic nitrogens is 1. The number of para-hydroxylation sites is 1. The second-order valence-corrected chi connectivity index (χ2v) is 2.78. The smallest absolute Gasteiger partial charge is 0.404 e. The summed E-state index contributed by atoms with van der Waals surface area (Å²) in [4.78, 5) is 10.3. The molecule has 2 N–H and O–H groups in total. The first kappa shape index (κ1) is 8.55. The van der Waals surface area contributed by atoms with Gasteiger partial charge in [-0.25, -0.2) is 4.79 Å². The lowest BCUT2D eigenvalue weighted by Crippen LogP contribution is -2.20. The predicted octanol–water partition coefficient (Wildman–Crippen LogP) is 1.60. The number of nitrogens with one attached hydrogen (secondary N) is 1. The van der Waals surface area contributed by atoms with E-state index in [1.807, 2.05) is 18.2 Å². The number of amides is 1. The SMILES string of the molecule is O=C(O)NCc1noc2ccccc12. The zero-order chi connectivity index (χ0) is 9.97. The van der Waals surface area contributed by atoms with Crippen LogP contribution in [0.5, 0.6) is 0 Å². The van der Waals surface area contributed by atoms with Crippen LogP contribution in [0.1, 0.15) is 5.69 Å². The van der Waals surface area contributed by atoms with Crippen LogP contribution in [0.2, 0.25) is 0 Å². The molecule has 2 rings (SSSR count). The lowest BCUT2D eigenvalue weighted by Gasteiger charge is -1.95. The fourth-order valence-corrected chi connectivity index (χ4v) is 1.22. The summed E-state index contributed by atoms with van der Waals surface area (Å²) in [7, 11) is 0. The summed E-state index contributed by atoms with van der Waals surface area (Å²) in [5.41, 5.74) is 1.26. The fraction of sp³-hybridized carbons (Fsp3) is 0.111. The summed E-state index contributed by atoms with van der Waals surface area (Å²) in [6.07, 6.45) is -1.07. The third-order valence-corrected chi connectivity index (χ3v) is 1.86. The van der Waals surface area contributed by atoms with Gasteiger partial charge in [-0.05, 0) is 12.1 Å². The van der Waals surface area contributed by atoms with E-state index in [9.17, 15) is 4.79 Å². The van der Waals surface area contributed by atoms with Gasteiger partial charge in [0, 0.05) is 5.39 Å². The monoisotopic (exact) mass is 192 g/mol. The molecular formula is C9H8N2O3. The van der Waals surface area contributed by atoms with Crippen molar-refractivity contribution in [2.24, 2.45) is 0 Å². The van der Waals surface area contributed by atoms with Crippen molar-refractivity contribution in [1.29, 1.82) is 0 Å². The molecule has 14 heavy (non-hydrogen) atoms. The lowest BCUT2D eigenvalue weighted by molar-refractivity contribution is 0.193. The molecule has 1 aromatic heterocycles. The van der Waals surface area contributed by atoms with E-state index in [1.54, 1.807) is 6.07 Å². The van der Waals surface area contributed by atoms with E-state index in [0.717, 1.165) is 5.39 Å². The van der Waals surface area contributed by atoms with E-state index in [1.165, 1.54) is 0 Å². The van der Waals surface area contributed by atoms with Crippen LogP contribution in [0.3, 0.4) is 0 Å². The van der Waals surface area contributed by atoms with Crippen molar-refractivity contribution in [1.82, 2.24) is 10.5 Å². The quantitative estimate of drug-likeness (QED) is 0.757. The number of rotatable bonds is 2. The molecule has 0 atom stereocenters. The second-order valence-electron chi connectivity index (χ2n) is 2.78. The van der Waals surface area contributed by atoms with Crippen LogP contribution in [0.15, 0.2) is 28.8 Å². The van der Waals surface area contributed by atoms with Gasteiger partial charge < -0.3 is 14.9 Å². The minimum absolute atomic E-state index is 0.159. The van der Waals surface area contributed by atoms with Gasteiger partial charge in [0.1, 0.15) is 5.69 Å². The molecule has 0 unspecified atom stereocenters. The molecule has 0 saturated heterocycles. The number of fused-ring (bicyclic) bond motifs is 1. The third-order valence-electron chi connectivity index (χ3n) is 1.86. The third kappa shape index (κ3) is 1.52. The molecule has 1 aromatic carbocycles. The van der Waals surface area contributed by atoms with Gasteiger partial charge in [0.15, 0.2) is 5.58 Å². The average Bonchev–Trinajstić information content (AvgIpc) is 2.58. The highest BCUT2D eigenvalue weighted by Crippen LogP contribution is 2.17. The van der Waals surface area contributed by atoms with E-state index >= 15 is 0 Å². The van der Waals surface area contributed by atoms with Gasteiger partial charge in [0.05, 0.1) is 6.54 Å². The molecule has 0 radical (unpaired) electrons. The van der Waals surface area contributed by atoms with Gasteiger partial charge in [-0.3, -0.25) is 0 Å². The van der Waals surface area contributed by atoms with E-state index in [-0.39, 0.29) is 6.54 Å². The van der Waals surface area contributed by atoms with Crippen molar-refractivity contribution in [2.45, 2.75) is 6.54 Å². The topological polar surface area (TPSA) is 75.4 Å². The van der Waals surface area contributed by atoms with Crippen molar-refractivity contribution in [3.05, 3.63) is 30.0 Å². The Morgan fingerprint density at radius 1 is 1.50 bits per heavy atom. The molecule has 2 aromatic rings. The zero-order valence-electron chi connectivity index (χ0n) is 7.23. The lowest BCUT2D eigenvalue weighted by atomic mass is 10.2. The summed E-state index contributed by atoms with van der Waals surface area (Å²) in [5, 5.41) is 15.2. The number of hydrogen-bond donors (Lipinski definition) is 2. The molecule has 1 heterocycles. The standard InChI is InChI=1S/C9H8N2O3/c12-9(13)10-5-7-6-3-1-2-4-8(6)14-11-7/h1-4,10H,5H2,(H,12,13). The maximum Gasteiger partial charge on any atom is 0.404 e. The molecule has 5 nitrogen and oxygen atoms in total. The summed E-state index contributed by atoms with van der Waals surface area (Å²) >= 11 is 0. The van der Waals surface area contributed by atoms with E-state index in [0.29, 0.717) is 11.3 Å². The summed E-state index contributed by atoms with van der Waals surface area (Å²) < 4.78 is 5.00. The molecule has 0 spiro atoms. The van der Waals surface area contributed by atoms with Crippen LogP contribution in [-0.4, -0.2) is 16.4 Å². The first-order chi connectivity index (χ1) is 6.77. The van der Waals surface area contributed by atoms with E-state index < -0.39 is 6.09 Å². The maximum absolute atomic E-state index is 10.3. The highest BCUT2D eigenvalue weighted by atomic mass is 16.5. The molecule has 0 aliphatic carbocycles. The Morgan fingerprint density at radius 2 is 2.29 bits per heavy atom. The first-order valence-corrected chi connectivity index (χ1v) is 4.07. The highest BCUT2D eigenvalue weighted by Gasteiger charge is 2.07. The Bertz CT molecular complexity index is 464. The minimum atomic E-state index is -1.07. The van der Waals surface area contributed by atoms with E-state index in [2.05, 4.69) is 10.5 Å². The van der Waals surface area contributed by atoms with Crippen molar-refractivity contribution >= 4 is 17.1 Å². The second kappa shape index (κ2) is 3.37. The molecule has 0 aliphatic heterocycles. The molecule has 5 heteroatoms. The van der Waals surface area contributed by atoms with Crippen LogP contribution >= 0.6 is 0 Å². The summed E-state index contributed by atoms with van der Waals surface area (Å²) in [5.74, 6) is 0. The Morgan fingerprint density at radius 3 is 3.07 bits per heavy atom. The molecule has 0 saturated carbocycles. The molecular weight excluding hydrogens is 184 g/mol. The summed E-state index contributed by atoms with van der Waals surface area (Å²) in [6.45, 7) is 0.159. The Labute approximate surface area is 79.3 Å². The minimum Gasteiger partial charge on any atom is -0.465 e.